The van der Waals surface area contributed by atoms with Crippen LogP contribution in [-0.4, -0.2) is 23.7 Å². The molecule has 0 bridgehead atoms. The van der Waals surface area contributed by atoms with Crippen molar-refractivity contribution in [1.29, 1.82) is 0 Å². The van der Waals surface area contributed by atoms with E-state index in [9.17, 15) is 9.59 Å². The number of carbonyl (C=O) groups is 2. The van der Waals surface area contributed by atoms with E-state index in [2.05, 4.69) is 10.6 Å². The second-order valence-corrected chi connectivity index (χ2v) is 6.18. The van der Waals surface area contributed by atoms with Crippen LogP contribution in [0.25, 0.3) is 0 Å². The maximum absolute atomic E-state index is 12.2. The van der Waals surface area contributed by atoms with Crippen LogP contribution in [0.4, 0.5) is 10.5 Å². The topological polar surface area (TPSA) is 99.7 Å². The summed E-state index contributed by atoms with van der Waals surface area (Å²) in [6.45, 7) is 0.416. The van der Waals surface area contributed by atoms with Gasteiger partial charge >= 0.3 is 6.03 Å². The molecule has 0 aliphatic carbocycles. The number of anilines is 1. The summed E-state index contributed by atoms with van der Waals surface area (Å²) in [6, 6.07) is 23.0. The maximum atomic E-state index is 12.2. The largest absolute Gasteiger partial charge is 0.455 e. The molecule has 3 amide bonds. The zero-order valence-corrected chi connectivity index (χ0v) is 15.6. The lowest BCUT2D eigenvalue weighted by atomic mass is 10.1. The van der Waals surface area contributed by atoms with Crippen molar-refractivity contribution in [2.24, 2.45) is 0 Å². The van der Waals surface area contributed by atoms with Crippen molar-refractivity contribution in [2.45, 2.75) is 6.42 Å². The van der Waals surface area contributed by atoms with E-state index >= 15 is 0 Å². The first-order valence-electron chi connectivity index (χ1n) is 9.06. The van der Waals surface area contributed by atoms with Gasteiger partial charge in [-0.25, -0.2) is 10.3 Å². The maximum Gasteiger partial charge on any atom is 0.319 e. The molecule has 0 saturated heterocycles. The first-order chi connectivity index (χ1) is 14.2. The van der Waals surface area contributed by atoms with Gasteiger partial charge in [-0.3, -0.25) is 10.0 Å². The second kappa shape index (κ2) is 9.91. The van der Waals surface area contributed by atoms with Gasteiger partial charge in [0.25, 0.3) is 5.91 Å². The summed E-state index contributed by atoms with van der Waals surface area (Å²) in [7, 11) is 0. The molecule has 148 valence electrons. The molecule has 7 nitrogen and oxygen atoms in total. The molecule has 0 aliphatic heterocycles. The van der Waals surface area contributed by atoms with Crippen LogP contribution in [0.15, 0.2) is 78.9 Å². The Kier molecular flexibility index (Phi) is 6.80. The van der Waals surface area contributed by atoms with Crippen LogP contribution in [0.5, 0.6) is 11.5 Å². The molecule has 3 aromatic carbocycles. The Bertz CT molecular complexity index is 959. The predicted octanol–water partition coefficient (Wildman–Crippen LogP) is 3.96. The fourth-order valence-electron chi connectivity index (χ4n) is 2.65. The molecule has 0 atom stereocenters. The van der Waals surface area contributed by atoms with Crippen molar-refractivity contribution in [3.05, 3.63) is 90.0 Å². The second-order valence-electron chi connectivity index (χ2n) is 6.18. The summed E-state index contributed by atoms with van der Waals surface area (Å²) in [5.74, 6) is 0.664. The van der Waals surface area contributed by atoms with Gasteiger partial charge in [0.2, 0.25) is 0 Å². The van der Waals surface area contributed by atoms with Crippen molar-refractivity contribution < 1.29 is 19.5 Å². The summed E-state index contributed by atoms with van der Waals surface area (Å²) >= 11 is 0. The first-order valence-corrected chi connectivity index (χ1v) is 9.06. The number of amides is 3. The quantitative estimate of drug-likeness (QED) is 0.362. The molecule has 3 rings (SSSR count). The van der Waals surface area contributed by atoms with Crippen LogP contribution < -0.4 is 20.9 Å². The zero-order valence-electron chi connectivity index (χ0n) is 15.6. The molecule has 0 spiro atoms. The van der Waals surface area contributed by atoms with Gasteiger partial charge in [0.15, 0.2) is 5.75 Å². The fourth-order valence-corrected chi connectivity index (χ4v) is 2.65. The monoisotopic (exact) mass is 391 g/mol. The number of hydrogen-bond donors (Lipinski definition) is 4. The smallest absolute Gasteiger partial charge is 0.319 e. The van der Waals surface area contributed by atoms with Gasteiger partial charge in [-0.1, -0.05) is 42.5 Å². The summed E-state index contributed by atoms with van der Waals surface area (Å²) in [6.07, 6.45) is 0.594. The van der Waals surface area contributed by atoms with Gasteiger partial charge in [0.05, 0.1) is 5.69 Å². The highest BCUT2D eigenvalue weighted by Crippen LogP contribution is 2.28. The van der Waals surface area contributed by atoms with Crippen molar-refractivity contribution in [3.63, 3.8) is 0 Å². The minimum absolute atomic E-state index is 0.342. The number of urea groups is 1. The van der Waals surface area contributed by atoms with E-state index in [0.717, 1.165) is 5.56 Å². The minimum atomic E-state index is -0.564. The number of carbonyl (C=O) groups excluding carboxylic acids is 2. The van der Waals surface area contributed by atoms with E-state index in [1.54, 1.807) is 41.9 Å². The Morgan fingerprint density at radius 1 is 0.862 bits per heavy atom. The molecule has 29 heavy (non-hydrogen) atoms. The summed E-state index contributed by atoms with van der Waals surface area (Å²) in [5.41, 5.74) is 3.46. The van der Waals surface area contributed by atoms with Crippen molar-refractivity contribution in [1.82, 2.24) is 10.8 Å². The molecular weight excluding hydrogens is 370 g/mol. The Morgan fingerprint density at radius 2 is 1.55 bits per heavy atom. The van der Waals surface area contributed by atoms with E-state index in [-0.39, 0.29) is 6.03 Å². The van der Waals surface area contributed by atoms with Crippen LogP contribution in [0.2, 0.25) is 0 Å². The summed E-state index contributed by atoms with van der Waals surface area (Å²) < 4.78 is 5.83. The highest BCUT2D eigenvalue weighted by Gasteiger charge is 2.08. The van der Waals surface area contributed by atoms with Crippen molar-refractivity contribution in [2.75, 3.05) is 11.9 Å². The Morgan fingerprint density at radius 3 is 2.28 bits per heavy atom. The third-order valence-electron chi connectivity index (χ3n) is 4.12. The van der Waals surface area contributed by atoms with Crippen molar-refractivity contribution >= 4 is 17.6 Å². The lowest BCUT2D eigenvalue weighted by Gasteiger charge is -2.13. The third-order valence-corrected chi connectivity index (χ3v) is 4.12. The molecule has 0 heterocycles. The normalized spacial score (nSPS) is 10.1. The lowest BCUT2D eigenvalue weighted by Crippen LogP contribution is -2.30. The molecule has 7 heteroatoms. The molecule has 0 radical (unpaired) electrons. The highest BCUT2D eigenvalue weighted by molar-refractivity contribution is 5.93. The van der Waals surface area contributed by atoms with E-state index in [1.165, 1.54) is 0 Å². The summed E-state index contributed by atoms with van der Waals surface area (Å²) in [5, 5.41) is 14.2. The predicted molar refractivity (Wildman–Crippen MR) is 109 cm³/mol. The van der Waals surface area contributed by atoms with Gasteiger partial charge in [0.1, 0.15) is 5.75 Å². The SMILES string of the molecule is O=C(NCCc1ccc(C(=O)NO)cc1)Nc1ccccc1Oc1ccccc1. The number of nitrogens with one attached hydrogen (secondary N) is 3. The number of rotatable bonds is 7. The molecule has 3 aromatic rings. The molecular formula is C22H21N3O4. The van der Waals surface area contributed by atoms with E-state index < -0.39 is 5.91 Å². The number of ether oxygens (including phenoxy) is 1. The fraction of sp³-hybridized carbons (Fsp3) is 0.0909. The van der Waals surface area contributed by atoms with Crippen LogP contribution in [0, 0.1) is 0 Å². The van der Waals surface area contributed by atoms with E-state index in [1.807, 2.05) is 42.5 Å². The lowest BCUT2D eigenvalue weighted by molar-refractivity contribution is 0.0706. The summed E-state index contributed by atoms with van der Waals surface area (Å²) in [4.78, 5) is 23.5. The van der Waals surface area contributed by atoms with E-state index in [4.69, 9.17) is 9.94 Å². The van der Waals surface area contributed by atoms with Crippen LogP contribution >= 0.6 is 0 Å². The molecule has 0 aliphatic rings. The highest BCUT2D eigenvalue weighted by atomic mass is 16.5. The number of hydrogen-bond acceptors (Lipinski definition) is 4. The Hall–Kier alpha value is -3.84. The van der Waals surface area contributed by atoms with E-state index in [0.29, 0.717) is 35.7 Å². The van der Waals surface area contributed by atoms with Crippen molar-refractivity contribution in [3.8, 4) is 11.5 Å². The van der Waals surface area contributed by atoms with Gasteiger partial charge in [0, 0.05) is 12.1 Å². The minimum Gasteiger partial charge on any atom is -0.455 e. The van der Waals surface area contributed by atoms with Crippen LogP contribution in [-0.2, 0) is 6.42 Å². The molecule has 0 saturated carbocycles. The standard InChI is InChI=1S/C22H21N3O4/c26-21(25-28)17-12-10-16(11-13-17)14-15-23-22(27)24-19-8-4-5-9-20(19)29-18-6-2-1-3-7-18/h1-13,28H,14-15H2,(H,25,26)(H2,23,24,27). The molecule has 0 fully saturated rings. The Labute approximate surface area is 168 Å². The average Bonchev–Trinajstić information content (AvgIpc) is 2.76. The van der Waals surface area contributed by atoms with Crippen LogP contribution in [0.3, 0.4) is 0 Å². The molecule has 0 aromatic heterocycles. The van der Waals surface area contributed by atoms with Gasteiger partial charge in [-0.15, -0.1) is 0 Å². The molecule has 4 N–H and O–H groups in total. The average molecular weight is 391 g/mol. The van der Waals surface area contributed by atoms with Crippen LogP contribution in [0.1, 0.15) is 15.9 Å². The third kappa shape index (κ3) is 5.82. The molecule has 0 unspecified atom stereocenters. The van der Waals surface area contributed by atoms with Gasteiger partial charge in [-0.05, 0) is 48.4 Å². The number of para-hydroxylation sites is 3. The Balaban J connectivity index is 1.51. The van der Waals surface area contributed by atoms with Gasteiger partial charge in [-0.2, -0.15) is 0 Å². The number of hydroxylamine groups is 1. The number of benzene rings is 3. The zero-order chi connectivity index (χ0) is 20.5. The first kappa shape index (κ1) is 19.9. The van der Waals surface area contributed by atoms with Gasteiger partial charge < -0.3 is 15.4 Å².